The van der Waals surface area contributed by atoms with E-state index < -0.39 is 0 Å². The minimum absolute atomic E-state index is 0. The van der Waals surface area contributed by atoms with Gasteiger partial charge in [0, 0.05) is 55.0 Å². The molecule has 0 unspecified atom stereocenters. The first-order valence-electron chi connectivity index (χ1n) is 0.224. The molecule has 1 radical (unpaired) electrons. The average Bonchev–Trinajstić information content (AvgIpc) is 1.00. The van der Waals surface area contributed by atoms with Crippen molar-refractivity contribution >= 4 is 0 Å². The van der Waals surface area contributed by atoms with E-state index in [1.165, 1.54) is 0 Å². The van der Waals surface area contributed by atoms with Crippen LogP contribution in [0.3, 0.4) is 0 Å². The molecule has 0 saturated heterocycles. The van der Waals surface area contributed by atoms with Crippen molar-refractivity contribution in [1.82, 2.24) is 0 Å². The van der Waals surface area contributed by atoms with E-state index in [4.69, 9.17) is 11.8 Å². The zero-order chi connectivity index (χ0) is 2.00. The van der Waals surface area contributed by atoms with Crippen LogP contribution in [-0.4, -0.2) is 0 Å². The largest absolute Gasteiger partial charge is 0.512 e. The summed E-state index contributed by atoms with van der Waals surface area (Å²) in [5.41, 5.74) is 0. The van der Waals surface area contributed by atoms with Crippen molar-refractivity contribution < 1.29 is 55.0 Å². The normalized spacial score (nSPS) is 0.400. The van der Waals surface area contributed by atoms with Crippen molar-refractivity contribution in [3.63, 3.8) is 0 Å². The van der Waals surface area contributed by atoms with E-state index in [-0.39, 0.29) is 55.0 Å². The van der Waals surface area contributed by atoms with Crippen LogP contribution in [0.15, 0.2) is 0 Å². The summed E-state index contributed by atoms with van der Waals surface area (Å²) in [6.07, 6.45) is 0. The minimum Gasteiger partial charge on any atom is -0.512 e. The van der Waals surface area contributed by atoms with Crippen molar-refractivity contribution in [2.24, 2.45) is 0 Å². The molecule has 1 nitrogen and oxygen atoms in total. The van der Waals surface area contributed by atoms with Gasteiger partial charge in [0.05, 0.1) is 0 Å². The van der Waals surface area contributed by atoms with Gasteiger partial charge in [0.25, 0.3) is 0 Å². The minimum atomic E-state index is 0. The standard InChI is InChI=1S/CN.Co.Ni.Ti/c1-2;;;/q-1;;;. The Bertz CT molecular complexity index is 16.4. The number of nitrogens with zero attached hydrogens (tertiary/aromatic N) is 1. The van der Waals surface area contributed by atoms with Crippen molar-refractivity contribution in [3.05, 3.63) is 6.57 Å². The fraction of sp³-hybridized carbons (Fsp3) is 0. The van der Waals surface area contributed by atoms with Crippen LogP contribution < -0.4 is 0 Å². The predicted octanol–water partition coefficient (Wildman–Crippen LogP) is 0.0889. The summed E-state index contributed by atoms with van der Waals surface area (Å²) >= 11 is 0. The molecule has 0 bridgehead atoms. The van der Waals surface area contributed by atoms with Gasteiger partial charge in [-0.1, -0.05) is 0 Å². The smallest absolute Gasteiger partial charge is 0 e. The molecular weight excluding hydrogens is 192 g/mol. The number of hydrogen-bond acceptors (Lipinski definition) is 1. The molecule has 0 heterocycles. The Morgan fingerprint density at radius 2 is 1.20 bits per heavy atom. The van der Waals surface area contributed by atoms with Gasteiger partial charge in [-0.05, 0) is 0 Å². The van der Waals surface area contributed by atoms with E-state index in [2.05, 4.69) is 0 Å². The predicted molar refractivity (Wildman–Crippen MR) is 4.97 cm³/mol. The zero-order valence-electron chi connectivity index (χ0n) is 2.10. The van der Waals surface area contributed by atoms with Crippen molar-refractivity contribution in [2.75, 3.05) is 0 Å². The maximum Gasteiger partial charge on any atom is 0 e. The first-order chi connectivity index (χ1) is 1.00. The molecule has 0 aromatic rings. The quantitative estimate of drug-likeness (QED) is 0.393. The third-order valence-electron chi connectivity index (χ3n) is 0. The summed E-state index contributed by atoms with van der Waals surface area (Å²) in [5.74, 6) is 0. The Hall–Kier alpha value is 1.20. The monoisotopic (exact) mass is 191 g/mol. The molecular formula is CCoNNiTi-. The molecule has 4 heteroatoms. The first kappa shape index (κ1) is 34.6. The molecule has 0 aliphatic carbocycles. The van der Waals surface area contributed by atoms with Crippen molar-refractivity contribution in [1.29, 1.82) is 5.26 Å². The van der Waals surface area contributed by atoms with E-state index in [0.29, 0.717) is 0 Å². The number of rotatable bonds is 0. The molecule has 33 valence electrons. The maximum absolute atomic E-state index is 6.25. The Balaban J connectivity index is -0.00000000167. The van der Waals surface area contributed by atoms with Gasteiger partial charge >= 0.3 is 0 Å². The van der Waals surface area contributed by atoms with Crippen LogP contribution in [0, 0.1) is 11.8 Å². The summed E-state index contributed by atoms with van der Waals surface area (Å²) in [6, 6.07) is 0. The van der Waals surface area contributed by atoms with Gasteiger partial charge in [0.15, 0.2) is 0 Å². The third-order valence-corrected chi connectivity index (χ3v) is 0. The van der Waals surface area contributed by atoms with Gasteiger partial charge in [-0.3, -0.25) is 0 Å². The molecule has 0 aliphatic rings. The fourth-order valence-electron chi connectivity index (χ4n) is 0. The van der Waals surface area contributed by atoms with Crippen LogP contribution in [0.25, 0.3) is 0 Å². The van der Waals surface area contributed by atoms with Gasteiger partial charge in [-0.15, -0.1) is 0 Å². The summed E-state index contributed by atoms with van der Waals surface area (Å²) in [7, 11) is 0. The molecule has 0 rings (SSSR count). The molecule has 0 N–H and O–H groups in total. The molecule has 5 heavy (non-hydrogen) atoms. The molecule has 0 saturated carbocycles. The Morgan fingerprint density at radius 3 is 1.20 bits per heavy atom. The summed E-state index contributed by atoms with van der Waals surface area (Å²) in [6.45, 7) is 4.75. The fourth-order valence-corrected chi connectivity index (χ4v) is 0. The van der Waals surface area contributed by atoms with E-state index in [1.807, 2.05) is 0 Å². The second kappa shape index (κ2) is 63.4. The van der Waals surface area contributed by atoms with Crippen molar-refractivity contribution in [3.8, 4) is 0 Å². The maximum atomic E-state index is 6.25. The molecule has 0 aromatic heterocycles. The van der Waals surface area contributed by atoms with Crippen LogP contribution >= 0.6 is 0 Å². The van der Waals surface area contributed by atoms with Crippen LogP contribution in [0.4, 0.5) is 0 Å². The average molecular weight is 192 g/mol. The topological polar surface area (TPSA) is 23.8 Å². The van der Waals surface area contributed by atoms with Gasteiger partial charge in [0.1, 0.15) is 0 Å². The van der Waals surface area contributed by atoms with Crippen LogP contribution in [0.1, 0.15) is 0 Å². The van der Waals surface area contributed by atoms with Crippen LogP contribution in [0.5, 0.6) is 0 Å². The summed E-state index contributed by atoms with van der Waals surface area (Å²) in [5, 5.41) is 6.25. The molecule has 0 amide bonds. The van der Waals surface area contributed by atoms with Crippen LogP contribution in [0.2, 0.25) is 0 Å². The zero-order valence-corrected chi connectivity index (χ0v) is 5.69. The molecule has 0 atom stereocenters. The SMILES string of the molecule is [C-]#N.[Co].[Ni].[Ti]. The van der Waals surface area contributed by atoms with Gasteiger partial charge in [-0.2, -0.15) is 0 Å². The van der Waals surface area contributed by atoms with E-state index in [0.717, 1.165) is 0 Å². The van der Waals surface area contributed by atoms with Gasteiger partial charge in [0.2, 0.25) is 0 Å². The molecule has 0 aliphatic heterocycles. The second-order valence-electron chi connectivity index (χ2n) is 0. The summed E-state index contributed by atoms with van der Waals surface area (Å²) in [4.78, 5) is 0. The van der Waals surface area contributed by atoms with Crippen molar-refractivity contribution in [2.45, 2.75) is 0 Å². The first-order valence-corrected chi connectivity index (χ1v) is 0.224. The van der Waals surface area contributed by atoms with E-state index in [1.54, 1.807) is 0 Å². The van der Waals surface area contributed by atoms with E-state index >= 15 is 0 Å². The Kier molecular flexibility index (Phi) is 439. The second-order valence-corrected chi connectivity index (χ2v) is 0. The Morgan fingerprint density at radius 1 is 1.20 bits per heavy atom. The van der Waals surface area contributed by atoms with E-state index in [9.17, 15) is 0 Å². The summed E-state index contributed by atoms with van der Waals surface area (Å²) < 4.78 is 0. The van der Waals surface area contributed by atoms with Gasteiger partial charge < -0.3 is 11.8 Å². The number of hydrogen-bond donors (Lipinski definition) is 0. The Labute approximate surface area is 66.5 Å². The molecule has 0 fully saturated rings. The molecule has 0 aromatic carbocycles. The molecule has 0 spiro atoms. The van der Waals surface area contributed by atoms with Crippen LogP contribution in [-0.2, 0) is 55.0 Å². The van der Waals surface area contributed by atoms with Gasteiger partial charge in [-0.25, -0.2) is 0 Å². The third kappa shape index (κ3) is 36.8.